The summed E-state index contributed by atoms with van der Waals surface area (Å²) < 4.78 is 5.28. The second-order valence-corrected chi connectivity index (χ2v) is 12.9. The van der Waals surface area contributed by atoms with Gasteiger partial charge in [-0.1, -0.05) is 48.6 Å². The van der Waals surface area contributed by atoms with Crippen LogP contribution >= 0.6 is 0 Å². The molecule has 2 heterocycles. The summed E-state index contributed by atoms with van der Waals surface area (Å²) in [5.74, 6) is 5.39. The molecule has 10 nitrogen and oxygen atoms in total. The Hall–Kier alpha value is -5.43. The van der Waals surface area contributed by atoms with Crippen LogP contribution in [-0.4, -0.2) is 46.3 Å². The Kier molecular flexibility index (Phi) is 10.6. The summed E-state index contributed by atoms with van der Waals surface area (Å²) in [5.41, 5.74) is 4.89. The zero-order chi connectivity index (χ0) is 34.3. The smallest absolute Gasteiger partial charge is 0.412 e. The van der Waals surface area contributed by atoms with E-state index in [-0.39, 0.29) is 24.1 Å². The predicted octanol–water partition coefficient (Wildman–Crippen LogP) is 6.40. The fourth-order valence-electron chi connectivity index (χ4n) is 5.67. The maximum absolute atomic E-state index is 13.0. The van der Waals surface area contributed by atoms with E-state index >= 15 is 0 Å². The number of rotatable bonds is 9. The number of nitrogens with one attached hydrogen (secondary N) is 3. The zero-order valence-corrected chi connectivity index (χ0v) is 27.5. The first-order valence-corrected chi connectivity index (χ1v) is 16.2. The van der Waals surface area contributed by atoms with Gasteiger partial charge in [-0.25, -0.2) is 4.79 Å². The number of unbranched alkanes of at least 4 members (excludes halogenated alkanes) is 3. The molecule has 3 N–H and O–H groups in total. The lowest BCUT2D eigenvalue weighted by atomic mass is 10.0. The summed E-state index contributed by atoms with van der Waals surface area (Å²) in [4.78, 5) is 62.9. The SMILES string of the molecule is CC(C)(C)OC(=O)Nc1ccc(-c2ccc(NC(=O)CCCCCC#Cc3cccc4c3CN(C3CCC(=O)NC3=O)C4=O)cc2)cc1. The molecule has 1 atom stereocenters. The van der Waals surface area contributed by atoms with Gasteiger partial charge in [0, 0.05) is 48.3 Å². The molecule has 2 aliphatic rings. The molecular formula is C38H40N4O6. The van der Waals surface area contributed by atoms with Gasteiger partial charge in [0.15, 0.2) is 0 Å². The van der Waals surface area contributed by atoms with Crippen molar-refractivity contribution in [3.05, 3.63) is 83.4 Å². The minimum absolute atomic E-state index is 0.0449. The molecule has 0 radical (unpaired) electrons. The molecule has 1 saturated heterocycles. The number of amides is 5. The van der Waals surface area contributed by atoms with E-state index in [4.69, 9.17) is 4.74 Å². The molecule has 3 aromatic rings. The van der Waals surface area contributed by atoms with Gasteiger partial charge < -0.3 is 15.0 Å². The van der Waals surface area contributed by atoms with Gasteiger partial charge in [-0.05, 0) is 93.1 Å². The van der Waals surface area contributed by atoms with Crippen molar-refractivity contribution in [2.75, 3.05) is 10.6 Å². The summed E-state index contributed by atoms with van der Waals surface area (Å²) in [6, 6.07) is 19.8. The third-order valence-corrected chi connectivity index (χ3v) is 8.04. The number of nitrogens with zero attached hydrogens (tertiary/aromatic N) is 1. The molecule has 5 amide bonds. The van der Waals surface area contributed by atoms with Crippen molar-refractivity contribution in [3.8, 4) is 23.0 Å². The Bertz CT molecular complexity index is 1760. The molecule has 1 fully saturated rings. The molecule has 0 saturated carbocycles. The first-order valence-electron chi connectivity index (χ1n) is 16.2. The summed E-state index contributed by atoms with van der Waals surface area (Å²) in [5, 5.41) is 8.00. The van der Waals surface area contributed by atoms with Crippen molar-refractivity contribution in [2.24, 2.45) is 0 Å². The highest BCUT2D eigenvalue weighted by Crippen LogP contribution is 2.30. The standard InChI is InChI=1S/C38H40N4O6/c1-38(2,3)48-37(47)40-29-20-16-26(17-21-29)25-14-18-28(19-15-25)39-33(43)13-8-6-4-5-7-10-27-11-9-12-30-31(27)24-42(36(30)46)32-22-23-34(44)41-35(32)45/h9,11-12,14-21,32H,4-6,8,13,22-24H2,1-3H3,(H,39,43)(H,40,47)(H,41,44,45). The van der Waals surface area contributed by atoms with Crippen LogP contribution in [0.5, 0.6) is 0 Å². The van der Waals surface area contributed by atoms with Crippen LogP contribution in [0.2, 0.25) is 0 Å². The Morgan fingerprint density at radius 2 is 1.56 bits per heavy atom. The average molecular weight is 649 g/mol. The first kappa shape index (κ1) is 33.9. The molecule has 0 aliphatic carbocycles. The third-order valence-electron chi connectivity index (χ3n) is 8.04. The maximum atomic E-state index is 13.0. The molecule has 0 spiro atoms. The fourth-order valence-corrected chi connectivity index (χ4v) is 5.67. The number of piperidine rings is 1. The molecule has 3 aromatic carbocycles. The lowest BCUT2D eigenvalue weighted by Gasteiger charge is -2.29. The maximum Gasteiger partial charge on any atom is 0.412 e. The van der Waals surface area contributed by atoms with Crippen LogP contribution in [0, 0.1) is 11.8 Å². The van der Waals surface area contributed by atoms with E-state index < -0.39 is 23.6 Å². The Morgan fingerprint density at radius 3 is 2.21 bits per heavy atom. The molecule has 48 heavy (non-hydrogen) atoms. The van der Waals surface area contributed by atoms with Crippen molar-refractivity contribution < 1.29 is 28.7 Å². The van der Waals surface area contributed by atoms with Crippen molar-refractivity contribution in [1.29, 1.82) is 0 Å². The lowest BCUT2D eigenvalue weighted by molar-refractivity contribution is -0.137. The van der Waals surface area contributed by atoms with Crippen molar-refractivity contribution in [2.45, 2.75) is 83.9 Å². The van der Waals surface area contributed by atoms with E-state index in [1.165, 1.54) is 4.90 Å². The van der Waals surface area contributed by atoms with Gasteiger partial charge in [-0.15, -0.1) is 0 Å². The molecule has 0 aromatic heterocycles. The highest BCUT2D eigenvalue weighted by atomic mass is 16.6. The van der Waals surface area contributed by atoms with Crippen LogP contribution < -0.4 is 16.0 Å². The van der Waals surface area contributed by atoms with E-state index in [2.05, 4.69) is 27.8 Å². The quantitative estimate of drug-likeness (QED) is 0.140. The molecule has 248 valence electrons. The average Bonchev–Trinajstić information content (AvgIpc) is 3.37. The first-order chi connectivity index (χ1) is 23.0. The van der Waals surface area contributed by atoms with E-state index in [1.54, 1.807) is 12.1 Å². The number of benzene rings is 3. The summed E-state index contributed by atoms with van der Waals surface area (Å²) in [7, 11) is 0. The Labute approximate surface area is 280 Å². The van der Waals surface area contributed by atoms with Gasteiger partial charge in [0.05, 0.1) is 0 Å². The van der Waals surface area contributed by atoms with Crippen LogP contribution in [0.1, 0.15) is 87.2 Å². The normalized spacial score (nSPS) is 15.6. The van der Waals surface area contributed by atoms with Gasteiger partial charge >= 0.3 is 6.09 Å². The number of imide groups is 1. The van der Waals surface area contributed by atoms with Gasteiger partial charge in [0.2, 0.25) is 17.7 Å². The van der Waals surface area contributed by atoms with Crippen LogP contribution in [0.4, 0.5) is 16.2 Å². The minimum atomic E-state index is -0.652. The number of hydrogen-bond donors (Lipinski definition) is 3. The van der Waals surface area contributed by atoms with E-state index in [9.17, 15) is 24.0 Å². The summed E-state index contributed by atoms with van der Waals surface area (Å²) >= 11 is 0. The monoisotopic (exact) mass is 648 g/mol. The summed E-state index contributed by atoms with van der Waals surface area (Å²) in [6.07, 6.45) is 3.55. The molecule has 2 aliphatic heterocycles. The number of fused-ring (bicyclic) bond motifs is 1. The van der Waals surface area contributed by atoms with E-state index in [1.807, 2.05) is 75.4 Å². The fraction of sp³-hybridized carbons (Fsp3) is 0.342. The molecule has 1 unspecified atom stereocenters. The minimum Gasteiger partial charge on any atom is -0.444 e. The number of carbonyl (C=O) groups is 5. The third kappa shape index (κ3) is 8.88. The van der Waals surface area contributed by atoms with Crippen LogP contribution in [0.3, 0.4) is 0 Å². The van der Waals surface area contributed by atoms with E-state index in [0.717, 1.165) is 47.2 Å². The lowest BCUT2D eigenvalue weighted by Crippen LogP contribution is -2.52. The topological polar surface area (TPSA) is 134 Å². The van der Waals surface area contributed by atoms with Crippen LogP contribution in [0.15, 0.2) is 66.7 Å². The second kappa shape index (κ2) is 15.0. The van der Waals surface area contributed by atoms with Crippen molar-refractivity contribution in [3.63, 3.8) is 0 Å². The molecule has 5 rings (SSSR count). The zero-order valence-electron chi connectivity index (χ0n) is 27.5. The van der Waals surface area contributed by atoms with Gasteiger partial charge in [-0.3, -0.25) is 29.8 Å². The Morgan fingerprint density at radius 1 is 0.896 bits per heavy atom. The highest BCUT2D eigenvalue weighted by Gasteiger charge is 2.39. The Balaban J connectivity index is 1.02. The molecule has 10 heteroatoms. The van der Waals surface area contributed by atoms with Gasteiger partial charge in [0.25, 0.3) is 5.91 Å². The number of hydrogen-bond acceptors (Lipinski definition) is 6. The second-order valence-electron chi connectivity index (χ2n) is 12.9. The predicted molar refractivity (Wildman–Crippen MR) is 183 cm³/mol. The number of ether oxygens (including phenoxy) is 1. The molecule has 0 bridgehead atoms. The van der Waals surface area contributed by atoms with Crippen LogP contribution in [-0.2, 0) is 25.7 Å². The van der Waals surface area contributed by atoms with Gasteiger partial charge in [-0.2, -0.15) is 0 Å². The van der Waals surface area contributed by atoms with Gasteiger partial charge in [0.1, 0.15) is 11.6 Å². The summed E-state index contributed by atoms with van der Waals surface area (Å²) in [6.45, 7) is 5.74. The molecular weight excluding hydrogens is 608 g/mol. The largest absolute Gasteiger partial charge is 0.444 e. The van der Waals surface area contributed by atoms with Crippen molar-refractivity contribution >= 4 is 41.1 Å². The number of carbonyl (C=O) groups excluding carboxylic acids is 5. The van der Waals surface area contributed by atoms with Crippen molar-refractivity contribution in [1.82, 2.24) is 10.2 Å². The number of anilines is 2. The van der Waals surface area contributed by atoms with Crippen LogP contribution in [0.25, 0.3) is 11.1 Å². The highest BCUT2D eigenvalue weighted by molar-refractivity contribution is 6.05. The van der Waals surface area contributed by atoms with E-state index in [0.29, 0.717) is 37.1 Å².